The molecule has 5 aliphatic carbocycles. The zero-order valence-electron chi connectivity index (χ0n) is 27.1. The molecule has 0 radical (unpaired) electrons. The lowest BCUT2D eigenvalue weighted by molar-refractivity contribution is -0.0410. The van der Waals surface area contributed by atoms with Crippen molar-refractivity contribution in [3.8, 4) is 28.2 Å². The van der Waals surface area contributed by atoms with Crippen molar-refractivity contribution in [2.75, 3.05) is 0 Å². The fraction of sp³-hybridized carbons (Fsp3) is 0.222. The molecule has 2 heterocycles. The molecule has 7 aromatic rings. The number of benzene rings is 6. The molecule has 4 bridgehead atoms. The topological polar surface area (TPSA) is 17.8 Å². The van der Waals surface area contributed by atoms with E-state index in [1.54, 1.807) is 11.1 Å². The number of fused-ring (bicyclic) bond motifs is 8. The van der Waals surface area contributed by atoms with E-state index < -0.39 is 0 Å². The first-order valence-electron chi connectivity index (χ1n) is 18.0. The number of nitrogens with zero attached hydrogens (tertiary/aromatic N) is 2. The second-order valence-electron chi connectivity index (χ2n) is 15.2. The molecule has 0 N–H and O–H groups in total. The first kappa shape index (κ1) is 27.6. The SMILES string of the molecule is c1ccc2c(c1)Sc1ccc3c(c1S2)C1(c2cccc(-c4nc5ccccc5n4-c4ccc5ccccc5c4)c2-3)C2CC3CC(C2)CC1C3. The van der Waals surface area contributed by atoms with Crippen LogP contribution in [0, 0.1) is 23.7 Å². The number of hydrogen-bond acceptors (Lipinski definition) is 3. The molecular formula is C45H34N2S2. The standard InChI is InChI=1S/C45H34N2S2/c1-2-9-29-25-32(17-16-28(29)8-1)47-37-13-4-3-12-36(37)46-44(47)34-10-7-11-35-41(34)33-18-19-40-43(49-39-15-6-5-14-38(39)48-40)42(33)45(35)30-21-26-20-27(23-30)24-31(45)22-26/h1-19,25-27,30-31H,20-24H2. The lowest BCUT2D eigenvalue weighted by Gasteiger charge is -2.61. The minimum atomic E-state index is 0.0685. The summed E-state index contributed by atoms with van der Waals surface area (Å²) < 4.78 is 2.43. The van der Waals surface area contributed by atoms with Crippen molar-refractivity contribution in [1.29, 1.82) is 0 Å². The van der Waals surface area contributed by atoms with Crippen molar-refractivity contribution >= 4 is 45.3 Å². The summed E-state index contributed by atoms with van der Waals surface area (Å²) in [6, 6.07) is 45.5. The molecule has 0 atom stereocenters. The number of imidazole rings is 1. The highest BCUT2D eigenvalue weighted by molar-refractivity contribution is 8.05. The molecule has 4 heteroatoms. The van der Waals surface area contributed by atoms with Crippen LogP contribution < -0.4 is 0 Å². The zero-order valence-corrected chi connectivity index (χ0v) is 28.7. The van der Waals surface area contributed by atoms with Crippen LogP contribution in [0.3, 0.4) is 0 Å². The van der Waals surface area contributed by atoms with Crippen LogP contribution in [0.15, 0.2) is 141 Å². The van der Waals surface area contributed by atoms with Crippen LogP contribution in [0.1, 0.15) is 43.2 Å². The fourth-order valence-corrected chi connectivity index (χ4v) is 13.7. The van der Waals surface area contributed by atoms with Crippen LogP contribution in [-0.4, -0.2) is 9.55 Å². The molecule has 1 aromatic heterocycles. The van der Waals surface area contributed by atoms with Crippen LogP contribution in [0.5, 0.6) is 0 Å². The van der Waals surface area contributed by atoms with Gasteiger partial charge >= 0.3 is 0 Å². The highest BCUT2D eigenvalue weighted by Gasteiger charge is 2.63. The van der Waals surface area contributed by atoms with E-state index in [-0.39, 0.29) is 5.41 Å². The van der Waals surface area contributed by atoms with E-state index in [4.69, 9.17) is 4.98 Å². The number of aromatic nitrogens is 2. The Labute approximate surface area is 295 Å². The summed E-state index contributed by atoms with van der Waals surface area (Å²) in [6.45, 7) is 0. The van der Waals surface area contributed by atoms with Gasteiger partial charge in [-0.1, -0.05) is 102 Å². The Morgan fingerprint density at radius 3 is 2.16 bits per heavy atom. The largest absolute Gasteiger partial charge is 0.292 e. The smallest absolute Gasteiger partial charge is 0.146 e. The van der Waals surface area contributed by atoms with Crippen molar-refractivity contribution in [2.24, 2.45) is 23.7 Å². The van der Waals surface area contributed by atoms with E-state index in [0.717, 1.165) is 34.4 Å². The first-order valence-corrected chi connectivity index (χ1v) is 19.6. The zero-order chi connectivity index (χ0) is 31.8. The molecule has 2 nitrogen and oxygen atoms in total. The summed E-state index contributed by atoms with van der Waals surface area (Å²) in [5.41, 5.74) is 10.8. The van der Waals surface area contributed by atoms with E-state index in [0.29, 0.717) is 11.8 Å². The van der Waals surface area contributed by atoms with Crippen molar-refractivity contribution < 1.29 is 0 Å². The van der Waals surface area contributed by atoms with Crippen LogP contribution >= 0.6 is 23.5 Å². The van der Waals surface area contributed by atoms with Gasteiger partial charge in [0.2, 0.25) is 0 Å². The van der Waals surface area contributed by atoms with Crippen molar-refractivity contribution in [1.82, 2.24) is 9.55 Å². The Kier molecular flexibility index (Phi) is 5.58. The monoisotopic (exact) mass is 666 g/mol. The van der Waals surface area contributed by atoms with Gasteiger partial charge in [0.15, 0.2) is 0 Å². The average Bonchev–Trinajstić information content (AvgIpc) is 3.67. The van der Waals surface area contributed by atoms with Crippen LogP contribution in [0.2, 0.25) is 0 Å². The van der Waals surface area contributed by atoms with Crippen molar-refractivity contribution in [3.63, 3.8) is 0 Å². The summed E-state index contributed by atoms with van der Waals surface area (Å²) in [5.74, 6) is 4.26. The Morgan fingerprint density at radius 2 is 1.33 bits per heavy atom. The van der Waals surface area contributed by atoms with E-state index in [1.807, 2.05) is 23.5 Å². The van der Waals surface area contributed by atoms with Gasteiger partial charge < -0.3 is 0 Å². The number of hydrogen-bond donors (Lipinski definition) is 0. The van der Waals surface area contributed by atoms with E-state index in [2.05, 4.69) is 126 Å². The molecule has 1 spiro atoms. The molecule has 4 saturated carbocycles. The van der Waals surface area contributed by atoms with Gasteiger partial charge in [0.25, 0.3) is 0 Å². The molecule has 6 aromatic carbocycles. The van der Waals surface area contributed by atoms with Crippen LogP contribution in [0.25, 0.3) is 50.0 Å². The third-order valence-corrected chi connectivity index (χ3v) is 15.4. The molecule has 236 valence electrons. The molecular weight excluding hydrogens is 633 g/mol. The highest BCUT2D eigenvalue weighted by Crippen LogP contribution is 2.72. The summed E-state index contributed by atoms with van der Waals surface area (Å²) in [6.07, 6.45) is 6.98. The summed E-state index contributed by atoms with van der Waals surface area (Å²) >= 11 is 4.02. The maximum Gasteiger partial charge on any atom is 0.146 e. The van der Waals surface area contributed by atoms with Crippen molar-refractivity contribution in [2.45, 2.75) is 57.1 Å². The summed E-state index contributed by atoms with van der Waals surface area (Å²) in [5, 5.41) is 2.51. The minimum Gasteiger partial charge on any atom is -0.292 e. The Morgan fingerprint density at radius 1 is 0.592 bits per heavy atom. The van der Waals surface area contributed by atoms with Gasteiger partial charge in [-0.3, -0.25) is 4.57 Å². The van der Waals surface area contributed by atoms with E-state index in [1.165, 1.54) is 79.1 Å². The third-order valence-electron chi connectivity index (χ3n) is 12.8. The molecule has 49 heavy (non-hydrogen) atoms. The third kappa shape index (κ3) is 3.64. The van der Waals surface area contributed by atoms with Gasteiger partial charge in [0.1, 0.15) is 5.82 Å². The molecule has 6 aliphatic rings. The van der Waals surface area contributed by atoms with Gasteiger partial charge in [0, 0.05) is 36.2 Å². The Balaban J connectivity index is 1.16. The van der Waals surface area contributed by atoms with E-state index in [9.17, 15) is 0 Å². The van der Waals surface area contributed by atoms with Gasteiger partial charge in [0.05, 0.1) is 11.0 Å². The number of rotatable bonds is 2. The van der Waals surface area contributed by atoms with Gasteiger partial charge in [-0.15, -0.1) is 0 Å². The minimum absolute atomic E-state index is 0.0685. The molecule has 0 amide bonds. The predicted octanol–water partition coefficient (Wildman–Crippen LogP) is 12.2. The lowest BCUT2D eigenvalue weighted by Crippen LogP contribution is -2.55. The fourth-order valence-electron chi connectivity index (χ4n) is 11.3. The molecule has 1 aliphatic heterocycles. The summed E-state index contributed by atoms with van der Waals surface area (Å²) in [7, 11) is 0. The molecule has 0 unspecified atom stereocenters. The summed E-state index contributed by atoms with van der Waals surface area (Å²) in [4.78, 5) is 11.2. The molecule has 0 saturated heterocycles. The normalized spacial score (nSPS) is 25.5. The Bertz CT molecular complexity index is 2510. The predicted molar refractivity (Wildman–Crippen MR) is 202 cm³/mol. The number of para-hydroxylation sites is 2. The first-order chi connectivity index (χ1) is 24.2. The van der Waals surface area contributed by atoms with Crippen LogP contribution in [0.4, 0.5) is 0 Å². The molecule has 13 rings (SSSR count). The molecule has 4 fully saturated rings. The van der Waals surface area contributed by atoms with Gasteiger partial charge in [-0.05, 0) is 131 Å². The second-order valence-corrected chi connectivity index (χ2v) is 17.3. The highest BCUT2D eigenvalue weighted by atomic mass is 32.2. The second kappa shape index (κ2) is 9.93. The van der Waals surface area contributed by atoms with Crippen LogP contribution in [-0.2, 0) is 5.41 Å². The van der Waals surface area contributed by atoms with Gasteiger partial charge in [-0.2, -0.15) is 0 Å². The average molecular weight is 667 g/mol. The van der Waals surface area contributed by atoms with Gasteiger partial charge in [-0.25, -0.2) is 4.98 Å². The quantitative estimate of drug-likeness (QED) is 0.183. The van der Waals surface area contributed by atoms with Crippen molar-refractivity contribution in [3.05, 3.63) is 132 Å². The van der Waals surface area contributed by atoms with E-state index >= 15 is 0 Å². The lowest BCUT2D eigenvalue weighted by atomic mass is 9.43. The maximum absolute atomic E-state index is 5.49. The Hall–Kier alpha value is -4.25. The maximum atomic E-state index is 5.49.